The van der Waals surface area contributed by atoms with Crippen molar-refractivity contribution < 1.29 is 9.53 Å². The minimum Gasteiger partial charge on any atom is -0.456 e. The molecule has 1 heterocycles. The van der Waals surface area contributed by atoms with E-state index in [0.29, 0.717) is 5.76 Å². The van der Waals surface area contributed by atoms with E-state index in [0.717, 1.165) is 48.0 Å². The maximum absolute atomic E-state index is 11.3. The van der Waals surface area contributed by atoms with Crippen LogP contribution in [0.25, 0.3) is 5.57 Å². The number of hydrogen-bond donors (Lipinski definition) is 0. The number of rotatable bonds is 6. The van der Waals surface area contributed by atoms with Crippen LogP contribution in [-0.4, -0.2) is 6.29 Å². The van der Waals surface area contributed by atoms with Gasteiger partial charge in [-0.1, -0.05) is 62.8 Å². The maximum atomic E-state index is 11.3. The summed E-state index contributed by atoms with van der Waals surface area (Å²) in [5, 5.41) is 0. The number of carbonyl (C=O) groups excluding carboxylic acids is 1. The van der Waals surface area contributed by atoms with Gasteiger partial charge >= 0.3 is 0 Å². The summed E-state index contributed by atoms with van der Waals surface area (Å²) in [6, 6.07) is 13.1. The van der Waals surface area contributed by atoms with E-state index < -0.39 is 0 Å². The molecule has 1 aliphatic heterocycles. The summed E-state index contributed by atoms with van der Waals surface area (Å²) in [4.78, 5) is 11.3. The van der Waals surface area contributed by atoms with E-state index in [1.165, 1.54) is 28.3 Å². The average Bonchev–Trinajstić information content (AvgIpc) is 2.69. The Balaban J connectivity index is 2.31. The molecule has 2 heteroatoms. The van der Waals surface area contributed by atoms with Crippen molar-refractivity contribution in [3.05, 3.63) is 93.8 Å². The molecular weight excluding hydrogens is 344 g/mol. The van der Waals surface area contributed by atoms with Crippen LogP contribution in [0, 0.1) is 6.92 Å². The van der Waals surface area contributed by atoms with Crippen LogP contribution in [0.3, 0.4) is 0 Å². The Kier molecular flexibility index (Phi) is 6.30. The minimum absolute atomic E-state index is 0.600. The van der Waals surface area contributed by atoms with E-state index in [9.17, 15) is 4.79 Å². The summed E-state index contributed by atoms with van der Waals surface area (Å²) >= 11 is 0. The van der Waals surface area contributed by atoms with Crippen molar-refractivity contribution in [3.8, 4) is 5.75 Å². The van der Waals surface area contributed by atoms with Crippen LogP contribution in [0.5, 0.6) is 5.75 Å². The Labute approximate surface area is 168 Å². The zero-order valence-corrected chi connectivity index (χ0v) is 17.2. The Morgan fingerprint density at radius 3 is 2.39 bits per heavy atom. The van der Waals surface area contributed by atoms with Crippen LogP contribution < -0.4 is 4.74 Å². The fraction of sp³-hybridized carbons (Fsp3) is 0.269. The van der Waals surface area contributed by atoms with E-state index in [1.807, 2.05) is 19.1 Å². The SMILES string of the molecule is C/C=C\C1=C(c2ccc(CC)cc2C)c2ccc(CCC)cc2O/C1=C/C=O. The second-order valence-electron chi connectivity index (χ2n) is 7.14. The monoisotopic (exact) mass is 372 g/mol. The van der Waals surface area contributed by atoms with Crippen LogP contribution in [0.2, 0.25) is 0 Å². The molecule has 0 N–H and O–H groups in total. The van der Waals surface area contributed by atoms with Gasteiger partial charge in [0.2, 0.25) is 0 Å². The van der Waals surface area contributed by atoms with E-state index >= 15 is 0 Å². The van der Waals surface area contributed by atoms with Crippen molar-refractivity contribution >= 4 is 11.9 Å². The van der Waals surface area contributed by atoms with E-state index in [-0.39, 0.29) is 0 Å². The lowest BCUT2D eigenvalue weighted by Gasteiger charge is -2.26. The molecule has 0 fully saturated rings. The fourth-order valence-corrected chi connectivity index (χ4v) is 3.78. The molecule has 0 atom stereocenters. The molecule has 0 aromatic heterocycles. The first-order valence-corrected chi connectivity index (χ1v) is 10.1. The molecular formula is C26H28O2. The Hall–Kier alpha value is -2.87. The zero-order chi connectivity index (χ0) is 20.1. The lowest BCUT2D eigenvalue weighted by molar-refractivity contribution is -0.104. The molecule has 0 amide bonds. The Bertz CT molecular complexity index is 974. The summed E-state index contributed by atoms with van der Waals surface area (Å²) in [5.74, 6) is 1.42. The van der Waals surface area contributed by atoms with Gasteiger partial charge in [0, 0.05) is 22.8 Å². The minimum atomic E-state index is 0.600. The maximum Gasteiger partial charge on any atom is 0.146 e. The van der Waals surface area contributed by atoms with E-state index in [2.05, 4.69) is 57.2 Å². The molecule has 3 rings (SSSR count). The van der Waals surface area contributed by atoms with Crippen LogP contribution in [0.1, 0.15) is 55.0 Å². The van der Waals surface area contributed by atoms with Crippen LogP contribution >= 0.6 is 0 Å². The predicted octanol–water partition coefficient (Wildman–Crippen LogP) is 6.36. The topological polar surface area (TPSA) is 26.3 Å². The van der Waals surface area contributed by atoms with Crippen molar-refractivity contribution in [1.82, 2.24) is 0 Å². The molecule has 0 saturated heterocycles. The third-order valence-electron chi connectivity index (χ3n) is 5.13. The number of aldehydes is 1. The van der Waals surface area contributed by atoms with Crippen LogP contribution in [0.4, 0.5) is 0 Å². The number of aryl methyl sites for hydroxylation is 3. The van der Waals surface area contributed by atoms with Crippen molar-refractivity contribution in [2.24, 2.45) is 0 Å². The third-order valence-corrected chi connectivity index (χ3v) is 5.13. The van der Waals surface area contributed by atoms with E-state index in [4.69, 9.17) is 4.74 Å². The van der Waals surface area contributed by atoms with Gasteiger partial charge in [0.15, 0.2) is 0 Å². The average molecular weight is 373 g/mol. The van der Waals surface area contributed by atoms with Gasteiger partial charge in [-0.2, -0.15) is 0 Å². The van der Waals surface area contributed by atoms with Crippen molar-refractivity contribution in [2.45, 2.75) is 47.0 Å². The highest BCUT2D eigenvalue weighted by atomic mass is 16.5. The molecule has 0 aliphatic carbocycles. The van der Waals surface area contributed by atoms with Gasteiger partial charge in [-0.15, -0.1) is 0 Å². The molecule has 144 valence electrons. The summed E-state index contributed by atoms with van der Waals surface area (Å²) in [7, 11) is 0. The largest absolute Gasteiger partial charge is 0.456 e. The highest BCUT2D eigenvalue weighted by molar-refractivity contribution is 5.92. The molecule has 2 nitrogen and oxygen atoms in total. The van der Waals surface area contributed by atoms with Gasteiger partial charge in [0.25, 0.3) is 0 Å². The molecule has 2 aromatic rings. The predicted molar refractivity (Wildman–Crippen MR) is 117 cm³/mol. The van der Waals surface area contributed by atoms with Gasteiger partial charge in [0.1, 0.15) is 17.8 Å². The first kappa shape index (κ1) is 19.9. The smallest absolute Gasteiger partial charge is 0.146 e. The standard InChI is InChI=1S/C26H28O2/c1-5-8-20-11-13-23-25(17-20)28-24(14-15-27)22(9-6-2)26(23)21-12-10-19(7-3)16-18(21)4/h6,9-17H,5,7-8H2,1-4H3/b9-6-,24-14+. The van der Waals surface area contributed by atoms with Crippen molar-refractivity contribution in [3.63, 3.8) is 0 Å². The molecule has 0 radical (unpaired) electrons. The molecule has 0 bridgehead atoms. The lowest BCUT2D eigenvalue weighted by atomic mass is 9.85. The van der Waals surface area contributed by atoms with Crippen molar-refractivity contribution in [1.29, 1.82) is 0 Å². The summed E-state index contributed by atoms with van der Waals surface area (Å²) < 4.78 is 6.18. The Morgan fingerprint density at radius 1 is 1.00 bits per heavy atom. The summed E-state index contributed by atoms with van der Waals surface area (Å²) in [5.41, 5.74) is 8.11. The second-order valence-corrected chi connectivity index (χ2v) is 7.14. The molecule has 1 aliphatic rings. The molecule has 28 heavy (non-hydrogen) atoms. The number of benzene rings is 2. The molecule has 0 spiro atoms. The number of hydrogen-bond acceptors (Lipinski definition) is 2. The van der Waals surface area contributed by atoms with Crippen LogP contribution in [0.15, 0.2) is 66.0 Å². The fourth-order valence-electron chi connectivity index (χ4n) is 3.78. The lowest BCUT2D eigenvalue weighted by Crippen LogP contribution is -2.11. The summed E-state index contributed by atoms with van der Waals surface area (Å²) in [6.07, 6.45) is 9.43. The van der Waals surface area contributed by atoms with Crippen molar-refractivity contribution in [2.75, 3.05) is 0 Å². The van der Waals surface area contributed by atoms with Gasteiger partial charge in [-0.25, -0.2) is 0 Å². The van der Waals surface area contributed by atoms with Gasteiger partial charge in [-0.05, 0) is 55.0 Å². The number of allylic oxidation sites excluding steroid dienone is 3. The van der Waals surface area contributed by atoms with E-state index in [1.54, 1.807) is 0 Å². The first-order chi connectivity index (χ1) is 13.6. The van der Waals surface area contributed by atoms with Crippen LogP contribution in [-0.2, 0) is 17.6 Å². The summed E-state index contributed by atoms with van der Waals surface area (Å²) in [6.45, 7) is 8.48. The number of ether oxygens (including phenoxy) is 1. The quantitative estimate of drug-likeness (QED) is 0.435. The number of carbonyl (C=O) groups is 1. The van der Waals surface area contributed by atoms with Gasteiger partial charge in [0.05, 0.1) is 0 Å². The molecule has 0 saturated carbocycles. The highest BCUT2D eigenvalue weighted by Crippen LogP contribution is 2.43. The normalized spacial score (nSPS) is 15.1. The second kappa shape index (κ2) is 8.88. The third kappa shape index (κ3) is 3.87. The Morgan fingerprint density at radius 2 is 1.75 bits per heavy atom. The molecule has 0 unspecified atom stereocenters. The van der Waals surface area contributed by atoms with Gasteiger partial charge < -0.3 is 4.74 Å². The molecule has 2 aromatic carbocycles. The highest BCUT2D eigenvalue weighted by Gasteiger charge is 2.25. The van der Waals surface area contributed by atoms with Gasteiger partial charge in [-0.3, -0.25) is 4.79 Å². The zero-order valence-electron chi connectivity index (χ0n) is 17.2. The number of fused-ring (bicyclic) bond motifs is 1. The first-order valence-electron chi connectivity index (χ1n) is 10.1.